The van der Waals surface area contributed by atoms with E-state index in [0.29, 0.717) is 5.57 Å². The zero-order valence-electron chi connectivity index (χ0n) is 5.59. The molecule has 9 heavy (non-hydrogen) atoms. The van der Waals surface area contributed by atoms with Crippen molar-refractivity contribution in [3.8, 4) is 0 Å². The zero-order valence-corrected chi connectivity index (χ0v) is 5.59. The first kappa shape index (κ1) is 8.36. The molecule has 0 bridgehead atoms. The van der Waals surface area contributed by atoms with E-state index in [2.05, 4.69) is 6.58 Å². The fraction of sp³-hybridized carbons (Fsp3) is 0.333. The first-order valence-electron chi connectivity index (χ1n) is 2.68. The molecule has 0 aliphatic carbocycles. The van der Waals surface area contributed by atoms with Crippen LogP contribution in [-0.2, 0) is 0 Å². The smallest absolute Gasteiger partial charge is 0.142 e. The van der Waals surface area contributed by atoms with Crippen LogP contribution in [0.5, 0.6) is 0 Å². The van der Waals surface area contributed by atoms with Crippen molar-refractivity contribution in [1.82, 2.24) is 0 Å². The lowest BCUT2D eigenvalue weighted by atomic mass is 10.1. The fourth-order valence-electron chi connectivity index (χ4n) is 0.545. The molecule has 6 N–H and O–H groups in total. The van der Waals surface area contributed by atoms with Crippen LogP contribution in [0, 0.1) is 0 Å². The molecule has 0 aromatic heterocycles. The highest BCUT2D eigenvalue weighted by atomic mass is 15.1. The lowest BCUT2D eigenvalue weighted by molar-refractivity contribution is 0.557. The van der Waals surface area contributed by atoms with Crippen molar-refractivity contribution in [2.75, 3.05) is 0 Å². The number of allylic oxidation sites excluding steroid dienone is 1. The molecule has 0 spiro atoms. The first-order chi connectivity index (χ1) is 4.02. The largest absolute Gasteiger partial charge is 0.297 e. The van der Waals surface area contributed by atoms with Gasteiger partial charge in [0.25, 0.3) is 0 Å². The number of hydrogen-bond acceptors (Lipinski definition) is 3. The Morgan fingerprint density at radius 3 is 1.89 bits per heavy atom. The van der Waals surface area contributed by atoms with Gasteiger partial charge < -0.3 is 0 Å². The lowest BCUT2D eigenvalue weighted by Crippen LogP contribution is -2.58. The predicted octanol–water partition coefficient (Wildman–Crippen LogP) is -0.351. The van der Waals surface area contributed by atoms with E-state index < -0.39 is 5.79 Å². The second kappa shape index (κ2) is 2.77. The molecule has 0 aromatic rings. The van der Waals surface area contributed by atoms with E-state index in [1.54, 1.807) is 19.1 Å². The van der Waals surface area contributed by atoms with E-state index in [1.165, 1.54) is 0 Å². The summed E-state index contributed by atoms with van der Waals surface area (Å²) < 4.78 is 0. The summed E-state index contributed by atoms with van der Waals surface area (Å²) in [6.45, 7) is 5.29. The molecule has 0 fully saturated rings. The van der Waals surface area contributed by atoms with Crippen LogP contribution in [0.1, 0.15) is 6.92 Å². The van der Waals surface area contributed by atoms with Crippen LogP contribution in [0.25, 0.3) is 0 Å². The van der Waals surface area contributed by atoms with Crippen LogP contribution in [-0.4, -0.2) is 5.79 Å². The monoisotopic (exact) mass is 127 g/mol. The summed E-state index contributed by atoms with van der Waals surface area (Å²) in [5.74, 6) is -1.24. The van der Waals surface area contributed by atoms with E-state index in [-0.39, 0.29) is 0 Å². The molecule has 3 nitrogen and oxygen atoms in total. The van der Waals surface area contributed by atoms with Crippen molar-refractivity contribution in [2.24, 2.45) is 17.2 Å². The summed E-state index contributed by atoms with van der Waals surface area (Å²) in [6, 6.07) is 0. The molecule has 0 amide bonds. The highest BCUT2D eigenvalue weighted by molar-refractivity contribution is 5.24. The van der Waals surface area contributed by atoms with Gasteiger partial charge in [-0.25, -0.2) is 0 Å². The van der Waals surface area contributed by atoms with Crippen molar-refractivity contribution in [3.05, 3.63) is 24.3 Å². The van der Waals surface area contributed by atoms with Crippen LogP contribution in [0.15, 0.2) is 24.3 Å². The maximum Gasteiger partial charge on any atom is 0.142 e. The summed E-state index contributed by atoms with van der Waals surface area (Å²) in [5.41, 5.74) is 16.6. The van der Waals surface area contributed by atoms with Crippen LogP contribution in [0.3, 0.4) is 0 Å². The Morgan fingerprint density at radius 2 is 1.89 bits per heavy atom. The third kappa shape index (κ3) is 2.41. The fourth-order valence-corrected chi connectivity index (χ4v) is 0.545. The Balaban J connectivity index is 4.32. The first-order valence-corrected chi connectivity index (χ1v) is 2.68. The maximum absolute atomic E-state index is 5.32. The molecular weight excluding hydrogens is 114 g/mol. The summed E-state index contributed by atoms with van der Waals surface area (Å²) in [6.07, 6.45) is 3.27. The molecule has 3 heteroatoms. The van der Waals surface area contributed by atoms with E-state index in [0.717, 1.165) is 0 Å². The summed E-state index contributed by atoms with van der Waals surface area (Å²) in [7, 11) is 0. The SMILES string of the molecule is C=C/C(=C\C)C(N)(N)N. The molecule has 52 valence electrons. The van der Waals surface area contributed by atoms with Crippen molar-refractivity contribution < 1.29 is 0 Å². The number of nitrogens with two attached hydrogens (primary N) is 3. The zero-order chi connectivity index (χ0) is 7.49. The van der Waals surface area contributed by atoms with E-state index in [4.69, 9.17) is 17.2 Å². The van der Waals surface area contributed by atoms with Gasteiger partial charge in [-0.15, -0.1) is 0 Å². The van der Waals surface area contributed by atoms with Gasteiger partial charge in [0.15, 0.2) is 0 Å². The highest BCUT2D eigenvalue weighted by Crippen LogP contribution is 2.00. The van der Waals surface area contributed by atoms with Crippen molar-refractivity contribution in [1.29, 1.82) is 0 Å². The van der Waals surface area contributed by atoms with Crippen molar-refractivity contribution >= 4 is 0 Å². The highest BCUT2D eigenvalue weighted by Gasteiger charge is 2.13. The Kier molecular flexibility index (Phi) is 2.58. The van der Waals surface area contributed by atoms with Gasteiger partial charge in [-0.05, 0) is 12.5 Å². The second-order valence-corrected chi connectivity index (χ2v) is 1.88. The molecule has 0 atom stereocenters. The number of hydrogen-bond donors (Lipinski definition) is 3. The molecule has 0 rings (SSSR count). The van der Waals surface area contributed by atoms with Gasteiger partial charge in [-0.2, -0.15) is 0 Å². The van der Waals surface area contributed by atoms with Gasteiger partial charge in [0, 0.05) is 0 Å². The molecule has 0 radical (unpaired) electrons. The molecule has 0 aromatic carbocycles. The average Bonchev–Trinajstić information content (AvgIpc) is 1.65. The minimum atomic E-state index is -1.24. The Hall–Kier alpha value is -0.640. The molecule has 0 aliphatic heterocycles. The minimum Gasteiger partial charge on any atom is -0.297 e. The van der Waals surface area contributed by atoms with Gasteiger partial charge in [0.2, 0.25) is 0 Å². The maximum atomic E-state index is 5.32. The third-order valence-corrected chi connectivity index (χ3v) is 1.03. The molecular formula is C6H13N3. The van der Waals surface area contributed by atoms with Gasteiger partial charge in [-0.3, -0.25) is 17.2 Å². The topological polar surface area (TPSA) is 78.1 Å². The Labute approximate surface area is 55.2 Å². The van der Waals surface area contributed by atoms with E-state index in [9.17, 15) is 0 Å². The Morgan fingerprint density at radius 1 is 1.44 bits per heavy atom. The summed E-state index contributed by atoms with van der Waals surface area (Å²) in [4.78, 5) is 0. The van der Waals surface area contributed by atoms with Gasteiger partial charge in [-0.1, -0.05) is 18.7 Å². The van der Waals surface area contributed by atoms with Gasteiger partial charge in [0.05, 0.1) is 0 Å². The third-order valence-electron chi connectivity index (χ3n) is 1.03. The van der Waals surface area contributed by atoms with Crippen LogP contribution < -0.4 is 17.2 Å². The van der Waals surface area contributed by atoms with Crippen LogP contribution >= 0.6 is 0 Å². The van der Waals surface area contributed by atoms with Crippen molar-refractivity contribution in [2.45, 2.75) is 12.7 Å². The lowest BCUT2D eigenvalue weighted by Gasteiger charge is -2.19. The van der Waals surface area contributed by atoms with Crippen molar-refractivity contribution in [3.63, 3.8) is 0 Å². The number of rotatable bonds is 2. The normalized spacial score (nSPS) is 13.6. The molecule has 0 saturated heterocycles. The molecule has 0 unspecified atom stereocenters. The molecule has 0 heterocycles. The standard InChI is InChI=1S/C6H13N3/c1-3-5(4-2)6(7,8)9/h3-4H,1,7-9H2,2H3/b5-4+. The van der Waals surface area contributed by atoms with Crippen LogP contribution in [0.4, 0.5) is 0 Å². The second-order valence-electron chi connectivity index (χ2n) is 1.88. The molecule has 0 aliphatic rings. The van der Waals surface area contributed by atoms with Crippen LogP contribution in [0.2, 0.25) is 0 Å². The average molecular weight is 127 g/mol. The van der Waals surface area contributed by atoms with Gasteiger partial charge >= 0.3 is 0 Å². The Bertz CT molecular complexity index is 130. The van der Waals surface area contributed by atoms with E-state index >= 15 is 0 Å². The minimum absolute atomic E-state index is 0.641. The summed E-state index contributed by atoms with van der Waals surface area (Å²) >= 11 is 0. The quantitative estimate of drug-likeness (QED) is 0.350. The summed E-state index contributed by atoms with van der Waals surface area (Å²) in [5, 5.41) is 0. The molecule has 0 saturated carbocycles. The predicted molar refractivity (Wildman–Crippen MR) is 39.2 cm³/mol. The van der Waals surface area contributed by atoms with Gasteiger partial charge in [0.1, 0.15) is 5.79 Å². The van der Waals surface area contributed by atoms with E-state index in [1.807, 2.05) is 0 Å².